The molecule has 2 N–H and O–H groups in total. The van der Waals surface area contributed by atoms with Crippen molar-refractivity contribution in [1.82, 2.24) is 10.1 Å². The SMILES string of the molecule is CCCOCC(C)(N)c1noc(-c2ccc(Br)cc2)n1. The molecule has 1 heterocycles. The average molecular weight is 340 g/mol. The van der Waals surface area contributed by atoms with E-state index in [2.05, 4.69) is 26.1 Å². The lowest BCUT2D eigenvalue weighted by Gasteiger charge is -2.19. The Morgan fingerprint density at radius 2 is 2.05 bits per heavy atom. The number of nitrogens with zero attached hydrogens (tertiary/aromatic N) is 2. The normalized spacial score (nSPS) is 14.2. The first-order chi connectivity index (χ1) is 9.53. The van der Waals surface area contributed by atoms with Gasteiger partial charge in [0.05, 0.1) is 6.61 Å². The number of aromatic nitrogens is 2. The molecule has 0 aliphatic rings. The van der Waals surface area contributed by atoms with Gasteiger partial charge in [0.1, 0.15) is 5.54 Å². The molecule has 0 fully saturated rings. The van der Waals surface area contributed by atoms with Crippen molar-refractivity contribution in [2.75, 3.05) is 13.2 Å². The Kier molecular flexibility index (Phi) is 4.91. The van der Waals surface area contributed by atoms with Crippen LogP contribution >= 0.6 is 15.9 Å². The maximum atomic E-state index is 6.18. The van der Waals surface area contributed by atoms with Crippen molar-refractivity contribution in [3.8, 4) is 11.5 Å². The molecule has 0 bridgehead atoms. The second-order valence-electron chi connectivity index (χ2n) is 4.90. The molecule has 0 aliphatic heterocycles. The largest absolute Gasteiger partial charge is 0.379 e. The van der Waals surface area contributed by atoms with Crippen molar-refractivity contribution in [3.63, 3.8) is 0 Å². The molecule has 0 spiro atoms. The zero-order valence-corrected chi connectivity index (χ0v) is 13.2. The van der Waals surface area contributed by atoms with Gasteiger partial charge >= 0.3 is 0 Å². The van der Waals surface area contributed by atoms with E-state index in [9.17, 15) is 0 Å². The highest BCUT2D eigenvalue weighted by Crippen LogP contribution is 2.23. The minimum atomic E-state index is -0.758. The maximum Gasteiger partial charge on any atom is 0.257 e. The van der Waals surface area contributed by atoms with Crippen LogP contribution in [0.1, 0.15) is 26.1 Å². The highest BCUT2D eigenvalue weighted by molar-refractivity contribution is 9.10. The van der Waals surface area contributed by atoms with Crippen LogP contribution in [-0.2, 0) is 10.3 Å². The summed E-state index contributed by atoms with van der Waals surface area (Å²) in [4.78, 5) is 4.36. The molecule has 20 heavy (non-hydrogen) atoms. The molecular formula is C14H18BrN3O2. The van der Waals surface area contributed by atoms with E-state index in [-0.39, 0.29) is 0 Å². The van der Waals surface area contributed by atoms with Gasteiger partial charge in [-0.2, -0.15) is 4.98 Å². The fourth-order valence-corrected chi connectivity index (χ4v) is 1.92. The Balaban J connectivity index is 2.13. The standard InChI is InChI=1S/C14H18BrN3O2/c1-3-8-19-9-14(2,16)13-17-12(20-18-13)10-4-6-11(15)7-5-10/h4-7H,3,8-9,16H2,1-2H3. The summed E-state index contributed by atoms with van der Waals surface area (Å²) < 4.78 is 11.7. The van der Waals surface area contributed by atoms with Crippen LogP contribution < -0.4 is 5.73 Å². The Bertz CT molecular complexity index is 552. The van der Waals surface area contributed by atoms with Crippen LogP contribution in [0, 0.1) is 0 Å². The van der Waals surface area contributed by atoms with Crippen molar-refractivity contribution in [3.05, 3.63) is 34.6 Å². The molecule has 5 nitrogen and oxygen atoms in total. The lowest BCUT2D eigenvalue weighted by molar-refractivity contribution is 0.0867. The number of ether oxygens (including phenoxy) is 1. The van der Waals surface area contributed by atoms with Crippen molar-refractivity contribution in [2.45, 2.75) is 25.8 Å². The van der Waals surface area contributed by atoms with Crippen LogP contribution in [0.4, 0.5) is 0 Å². The van der Waals surface area contributed by atoms with E-state index in [1.54, 1.807) is 0 Å². The van der Waals surface area contributed by atoms with Crippen LogP contribution in [-0.4, -0.2) is 23.4 Å². The molecule has 108 valence electrons. The predicted molar refractivity (Wildman–Crippen MR) is 80.1 cm³/mol. The summed E-state index contributed by atoms with van der Waals surface area (Å²) >= 11 is 3.39. The Morgan fingerprint density at radius 1 is 1.35 bits per heavy atom. The molecule has 6 heteroatoms. The number of rotatable bonds is 6. The summed E-state index contributed by atoms with van der Waals surface area (Å²) in [6, 6.07) is 7.65. The molecule has 0 saturated carbocycles. The number of nitrogens with two attached hydrogens (primary N) is 1. The van der Waals surface area contributed by atoms with Gasteiger partial charge in [0.15, 0.2) is 5.82 Å². The highest BCUT2D eigenvalue weighted by atomic mass is 79.9. The number of halogens is 1. The van der Waals surface area contributed by atoms with Crippen LogP contribution in [0.5, 0.6) is 0 Å². The van der Waals surface area contributed by atoms with Crippen molar-refractivity contribution in [1.29, 1.82) is 0 Å². The molecule has 1 aromatic heterocycles. The first-order valence-corrected chi connectivity index (χ1v) is 7.29. The molecule has 2 rings (SSSR count). The van der Waals surface area contributed by atoms with Gasteiger partial charge < -0.3 is 15.0 Å². The summed E-state index contributed by atoms with van der Waals surface area (Å²) in [7, 11) is 0. The first-order valence-electron chi connectivity index (χ1n) is 6.49. The number of hydrogen-bond acceptors (Lipinski definition) is 5. The first kappa shape index (κ1) is 15.2. The van der Waals surface area contributed by atoms with E-state index in [0.29, 0.717) is 24.9 Å². The van der Waals surface area contributed by atoms with E-state index in [0.717, 1.165) is 16.5 Å². The quantitative estimate of drug-likeness (QED) is 0.818. The molecular weight excluding hydrogens is 322 g/mol. The van der Waals surface area contributed by atoms with Crippen molar-refractivity contribution in [2.24, 2.45) is 5.73 Å². The molecule has 0 saturated heterocycles. The minimum Gasteiger partial charge on any atom is -0.379 e. The third-order valence-corrected chi connectivity index (χ3v) is 3.31. The van der Waals surface area contributed by atoms with Gasteiger partial charge in [-0.1, -0.05) is 28.0 Å². The number of benzene rings is 1. The summed E-state index contributed by atoms with van der Waals surface area (Å²) in [5, 5.41) is 3.96. The minimum absolute atomic E-state index is 0.361. The van der Waals surface area contributed by atoms with E-state index in [1.165, 1.54) is 0 Å². The predicted octanol–water partition coefficient (Wildman–Crippen LogP) is 3.10. The lowest BCUT2D eigenvalue weighted by atomic mass is 10.1. The molecule has 0 aliphatic carbocycles. The Morgan fingerprint density at radius 3 is 2.70 bits per heavy atom. The van der Waals surface area contributed by atoms with Gasteiger partial charge in [0.25, 0.3) is 5.89 Å². The summed E-state index contributed by atoms with van der Waals surface area (Å²) in [5.74, 6) is 0.909. The van der Waals surface area contributed by atoms with E-state index in [1.807, 2.05) is 38.1 Å². The fourth-order valence-electron chi connectivity index (χ4n) is 1.66. The lowest BCUT2D eigenvalue weighted by Crippen LogP contribution is -2.39. The third kappa shape index (κ3) is 3.65. The van der Waals surface area contributed by atoms with Crippen molar-refractivity contribution < 1.29 is 9.26 Å². The van der Waals surface area contributed by atoms with Gasteiger partial charge in [-0.3, -0.25) is 0 Å². The second kappa shape index (κ2) is 6.47. The fraction of sp³-hybridized carbons (Fsp3) is 0.429. The Hall–Kier alpha value is -1.24. The molecule has 1 aromatic carbocycles. The van der Waals surface area contributed by atoms with E-state index >= 15 is 0 Å². The molecule has 0 amide bonds. The van der Waals surface area contributed by atoms with Gasteiger partial charge in [-0.05, 0) is 37.6 Å². The Labute approximate surface area is 126 Å². The van der Waals surface area contributed by atoms with Crippen LogP contribution in [0.3, 0.4) is 0 Å². The smallest absolute Gasteiger partial charge is 0.257 e. The van der Waals surface area contributed by atoms with Crippen molar-refractivity contribution >= 4 is 15.9 Å². The monoisotopic (exact) mass is 339 g/mol. The van der Waals surface area contributed by atoms with E-state index in [4.69, 9.17) is 15.0 Å². The van der Waals surface area contributed by atoms with Crippen LogP contribution in [0.15, 0.2) is 33.3 Å². The van der Waals surface area contributed by atoms with Crippen LogP contribution in [0.25, 0.3) is 11.5 Å². The third-order valence-electron chi connectivity index (χ3n) is 2.78. The zero-order chi connectivity index (χ0) is 14.6. The zero-order valence-electron chi connectivity index (χ0n) is 11.6. The summed E-state index contributed by atoms with van der Waals surface area (Å²) in [6.45, 7) is 4.91. The van der Waals surface area contributed by atoms with Gasteiger partial charge in [0.2, 0.25) is 0 Å². The molecule has 1 unspecified atom stereocenters. The highest BCUT2D eigenvalue weighted by Gasteiger charge is 2.28. The molecule has 0 radical (unpaired) electrons. The van der Waals surface area contributed by atoms with Crippen LogP contribution in [0.2, 0.25) is 0 Å². The van der Waals surface area contributed by atoms with E-state index < -0.39 is 5.54 Å². The number of hydrogen-bond donors (Lipinski definition) is 1. The summed E-state index contributed by atoms with van der Waals surface area (Å²) in [5.41, 5.74) is 6.28. The topological polar surface area (TPSA) is 74.2 Å². The second-order valence-corrected chi connectivity index (χ2v) is 5.82. The molecule has 1 atom stereocenters. The molecule has 2 aromatic rings. The van der Waals surface area contributed by atoms with Gasteiger partial charge in [0, 0.05) is 16.6 Å². The summed E-state index contributed by atoms with van der Waals surface area (Å²) in [6.07, 6.45) is 0.951. The maximum absolute atomic E-state index is 6.18. The average Bonchev–Trinajstić information content (AvgIpc) is 2.90. The van der Waals surface area contributed by atoms with Gasteiger partial charge in [-0.25, -0.2) is 0 Å². The van der Waals surface area contributed by atoms with Gasteiger partial charge in [-0.15, -0.1) is 0 Å².